The highest BCUT2D eigenvalue weighted by atomic mass is 32.2. The van der Waals surface area contributed by atoms with Crippen LogP contribution in [0.4, 0.5) is 5.69 Å². The molecule has 1 amide bonds. The quantitative estimate of drug-likeness (QED) is 0.860. The maximum Gasteiger partial charge on any atom is 0.224 e. The van der Waals surface area contributed by atoms with Crippen molar-refractivity contribution >= 4 is 21.4 Å². The van der Waals surface area contributed by atoms with Crippen LogP contribution in [0, 0.1) is 5.92 Å². The van der Waals surface area contributed by atoms with Crippen molar-refractivity contribution < 1.29 is 17.9 Å². The molecule has 0 unspecified atom stereocenters. The summed E-state index contributed by atoms with van der Waals surface area (Å²) in [7, 11) is -2.95. The summed E-state index contributed by atoms with van der Waals surface area (Å²) in [5.41, 5.74) is 1.77. The van der Waals surface area contributed by atoms with Gasteiger partial charge in [-0.3, -0.25) is 4.79 Å². The molecule has 2 aromatic carbocycles. The minimum absolute atomic E-state index is 0.0709. The fourth-order valence-corrected chi connectivity index (χ4v) is 4.74. The van der Waals surface area contributed by atoms with E-state index in [1.54, 1.807) is 24.3 Å². The van der Waals surface area contributed by atoms with Crippen molar-refractivity contribution in [2.24, 2.45) is 5.92 Å². The van der Waals surface area contributed by atoms with Crippen molar-refractivity contribution in [1.82, 2.24) is 0 Å². The maximum atomic E-state index is 12.0. The number of carbonyl (C=O) groups is 1. The maximum absolute atomic E-state index is 12.0. The van der Waals surface area contributed by atoms with E-state index in [2.05, 4.69) is 5.32 Å². The molecular weight excluding hydrogens is 338 g/mol. The number of carbonyl (C=O) groups excluding carboxylic acids is 1. The van der Waals surface area contributed by atoms with Gasteiger partial charge in [-0.1, -0.05) is 30.3 Å². The summed E-state index contributed by atoms with van der Waals surface area (Å²) >= 11 is 0. The Morgan fingerprint density at radius 1 is 1.08 bits per heavy atom. The third-order valence-electron chi connectivity index (χ3n) is 4.19. The predicted molar refractivity (Wildman–Crippen MR) is 97.2 cm³/mol. The summed E-state index contributed by atoms with van der Waals surface area (Å²) < 4.78 is 28.6. The van der Waals surface area contributed by atoms with Crippen LogP contribution >= 0.6 is 0 Å². The lowest BCUT2D eigenvalue weighted by Gasteiger charge is -2.10. The van der Waals surface area contributed by atoms with E-state index in [9.17, 15) is 13.2 Å². The Labute approximate surface area is 147 Å². The van der Waals surface area contributed by atoms with E-state index in [0.29, 0.717) is 18.7 Å². The van der Waals surface area contributed by atoms with E-state index in [1.807, 2.05) is 30.3 Å². The number of benzene rings is 2. The summed E-state index contributed by atoms with van der Waals surface area (Å²) in [5.74, 6) is 0.813. The van der Waals surface area contributed by atoms with Gasteiger partial charge in [0.1, 0.15) is 12.4 Å². The average molecular weight is 359 g/mol. The Balaban J connectivity index is 1.48. The topological polar surface area (TPSA) is 72.5 Å². The van der Waals surface area contributed by atoms with Crippen molar-refractivity contribution in [2.45, 2.75) is 19.4 Å². The lowest BCUT2D eigenvalue weighted by atomic mass is 10.1. The molecule has 1 heterocycles. The molecule has 1 N–H and O–H groups in total. The summed E-state index contributed by atoms with van der Waals surface area (Å²) in [6.45, 7) is 0.489. The largest absolute Gasteiger partial charge is 0.489 e. The Morgan fingerprint density at radius 3 is 2.44 bits per heavy atom. The second-order valence-corrected chi connectivity index (χ2v) is 8.55. The standard InChI is InChI=1S/C19H21NO4S/c21-19(12-16-10-11-25(22,23)14-16)20-17-6-8-18(9-7-17)24-13-15-4-2-1-3-5-15/h1-9,16H,10-14H2,(H,20,21)/t16-/m0/s1. The Morgan fingerprint density at radius 2 is 1.80 bits per heavy atom. The number of nitrogens with one attached hydrogen (secondary N) is 1. The lowest BCUT2D eigenvalue weighted by Crippen LogP contribution is -2.17. The number of rotatable bonds is 6. The molecule has 0 radical (unpaired) electrons. The molecule has 1 aliphatic rings. The van der Waals surface area contributed by atoms with Gasteiger partial charge in [-0.15, -0.1) is 0 Å². The minimum Gasteiger partial charge on any atom is -0.489 e. The fraction of sp³-hybridized carbons (Fsp3) is 0.316. The molecule has 0 saturated carbocycles. The number of hydrogen-bond acceptors (Lipinski definition) is 4. The molecule has 6 heteroatoms. The first-order chi connectivity index (χ1) is 12.0. The Bertz CT molecular complexity index is 816. The van der Waals surface area contributed by atoms with Gasteiger partial charge >= 0.3 is 0 Å². The number of amides is 1. The van der Waals surface area contributed by atoms with Gasteiger partial charge in [-0.25, -0.2) is 8.42 Å². The Hall–Kier alpha value is -2.34. The molecule has 0 spiro atoms. The number of hydrogen-bond donors (Lipinski definition) is 1. The van der Waals surface area contributed by atoms with E-state index in [0.717, 1.165) is 11.3 Å². The van der Waals surface area contributed by atoms with Gasteiger partial charge in [0.25, 0.3) is 0 Å². The van der Waals surface area contributed by atoms with Crippen molar-refractivity contribution in [2.75, 3.05) is 16.8 Å². The summed E-state index contributed by atoms with van der Waals surface area (Å²) in [6, 6.07) is 17.1. The lowest BCUT2D eigenvalue weighted by molar-refractivity contribution is -0.116. The van der Waals surface area contributed by atoms with Crippen LogP contribution in [0.25, 0.3) is 0 Å². The van der Waals surface area contributed by atoms with E-state index < -0.39 is 9.84 Å². The van der Waals surface area contributed by atoms with Crippen LogP contribution in [-0.4, -0.2) is 25.8 Å². The second kappa shape index (κ2) is 7.70. The van der Waals surface area contributed by atoms with Gasteiger partial charge in [0.15, 0.2) is 9.84 Å². The van der Waals surface area contributed by atoms with E-state index >= 15 is 0 Å². The Kier molecular flexibility index (Phi) is 5.38. The highest BCUT2D eigenvalue weighted by Crippen LogP contribution is 2.23. The van der Waals surface area contributed by atoms with Crippen molar-refractivity contribution in [3.63, 3.8) is 0 Å². The van der Waals surface area contributed by atoms with Crippen LogP contribution in [0.2, 0.25) is 0 Å². The highest BCUT2D eigenvalue weighted by molar-refractivity contribution is 7.91. The fourth-order valence-electron chi connectivity index (χ4n) is 2.88. The minimum atomic E-state index is -2.95. The van der Waals surface area contributed by atoms with Gasteiger partial charge in [-0.2, -0.15) is 0 Å². The normalized spacial score (nSPS) is 18.6. The number of sulfone groups is 1. The van der Waals surface area contributed by atoms with Crippen LogP contribution in [0.5, 0.6) is 5.75 Å². The second-order valence-electron chi connectivity index (χ2n) is 6.32. The van der Waals surface area contributed by atoms with Crippen LogP contribution < -0.4 is 10.1 Å². The molecule has 2 aromatic rings. The van der Waals surface area contributed by atoms with Gasteiger partial charge in [-0.05, 0) is 42.2 Å². The molecule has 1 aliphatic heterocycles. The number of anilines is 1. The first-order valence-electron chi connectivity index (χ1n) is 8.27. The zero-order valence-corrected chi connectivity index (χ0v) is 14.7. The highest BCUT2D eigenvalue weighted by Gasteiger charge is 2.29. The van der Waals surface area contributed by atoms with Crippen molar-refractivity contribution in [3.05, 3.63) is 60.2 Å². The zero-order valence-electron chi connectivity index (χ0n) is 13.9. The summed E-state index contributed by atoms with van der Waals surface area (Å²) in [4.78, 5) is 12.0. The average Bonchev–Trinajstić information content (AvgIpc) is 2.93. The number of ether oxygens (including phenoxy) is 1. The van der Waals surface area contributed by atoms with Crippen LogP contribution in [0.1, 0.15) is 18.4 Å². The van der Waals surface area contributed by atoms with Crippen LogP contribution in [-0.2, 0) is 21.2 Å². The van der Waals surface area contributed by atoms with E-state index in [-0.39, 0.29) is 29.8 Å². The molecule has 0 aromatic heterocycles. The molecular formula is C19H21NO4S. The van der Waals surface area contributed by atoms with Crippen molar-refractivity contribution in [3.8, 4) is 5.75 Å². The summed E-state index contributed by atoms with van der Waals surface area (Å²) in [5, 5.41) is 2.81. The third kappa shape index (κ3) is 5.32. The molecule has 25 heavy (non-hydrogen) atoms. The molecule has 0 bridgehead atoms. The molecule has 0 aliphatic carbocycles. The smallest absolute Gasteiger partial charge is 0.224 e. The molecule has 1 atom stereocenters. The van der Waals surface area contributed by atoms with Gasteiger partial charge in [0, 0.05) is 12.1 Å². The van der Waals surface area contributed by atoms with Gasteiger partial charge in [0.05, 0.1) is 11.5 Å². The van der Waals surface area contributed by atoms with E-state index in [1.165, 1.54) is 0 Å². The summed E-state index contributed by atoms with van der Waals surface area (Å²) in [6.07, 6.45) is 0.813. The monoisotopic (exact) mass is 359 g/mol. The third-order valence-corrected chi connectivity index (χ3v) is 6.02. The van der Waals surface area contributed by atoms with E-state index in [4.69, 9.17) is 4.74 Å². The first-order valence-corrected chi connectivity index (χ1v) is 10.1. The molecule has 1 saturated heterocycles. The van der Waals surface area contributed by atoms with Gasteiger partial charge in [0.2, 0.25) is 5.91 Å². The predicted octanol–water partition coefficient (Wildman–Crippen LogP) is 3.03. The first kappa shape index (κ1) is 17.5. The van der Waals surface area contributed by atoms with Crippen LogP contribution in [0.15, 0.2) is 54.6 Å². The van der Waals surface area contributed by atoms with Gasteiger partial charge < -0.3 is 10.1 Å². The SMILES string of the molecule is O=C(C[C@@H]1CCS(=O)(=O)C1)Nc1ccc(OCc2ccccc2)cc1. The molecule has 1 fully saturated rings. The van der Waals surface area contributed by atoms with Crippen LogP contribution in [0.3, 0.4) is 0 Å². The molecule has 132 valence electrons. The zero-order chi connectivity index (χ0) is 17.7. The molecule has 3 rings (SSSR count). The van der Waals surface area contributed by atoms with Crippen molar-refractivity contribution in [1.29, 1.82) is 0 Å². The molecule has 5 nitrogen and oxygen atoms in total.